The predicted octanol–water partition coefficient (Wildman–Crippen LogP) is 4.37. The van der Waals surface area contributed by atoms with Gasteiger partial charge in [0.15, 0.2) is 0 Å². The van der Waals surface area contributed by atoms with Crippen molar-refractivity contribution >= 4 is 40.1 Å². The lowest BCUT2D eigenvalue weighted by Crippen LogP contribution is -2.29. The number of para-hydroxylation sites is 1. The van der Waals surface area contributed by atoms with Gasteiger partial charge >= 0.3 is 11.7 Å². The van der Waals surface area contributed by atoms with Crippen LogP contribution in [0.4, 0.5) is 14.9 Å². The first-order valence-electron chi connectivity index (χ1n) is 11.5. The van der Waals surface area contributed by atoms with E-state index in [2.05, 4.69) is 25.6 Å². The lowest BCUT2D eigenvalue weighted by atomic mass is 10.1. The summed E-state index contributed by atoms with van der Waals surface area (Å²) in [6.07, 6.45) is 3.16. The fourth-order valence-electron chi connectivity index (χ4n) is 3.99. The number of fused-ring (bicyclic) bond motifs is 1. The second-order valence-electron chi connectivity index (χ2n) is 8.35. The van der Waals surface area contributed by atoms with E-state index in [1.807, 2.05) is 6.07 Å². The van der Waals surface area contributed by atoms with Gasteiger partial charge < -0.3 is 30.4 Å². The van der Waals surface area contributed by atoms with Crippen molar-refractivity contribution in [3.63, 3.8) is 0 Å². The van der Waals surface area contributed by atoms with Crippen molar-refractivity contribution in [1.82, 2.24) is 24.8 Å². The Labute approximate surface area is 224 Å². The van der Waals surface area contributed by atoms with E-state index in [1.165, 1.54) is 37.5 Å². The average Bonchev–Trinajstić information content (AvgIpc) is 3.46. The highest BCUT2D eigenvalue weighted by molar-refractivity contribution is 6.35. The number of hydrogen-bond acceptors (Lipinski definition) is 6. The highest BCUT2D eigenvalue weighted by Gasteiger charge is 2.21. The molecule has 2 aromatic carbocycles. The summed E-state index contributed by atoms with van der Waals surface area (Å²) < 4.78 is 20.8. The zero-order chi connectivity index (χ0) is 27.7. The van der Waals surface area contributed by atoms with Crippen molar-refractivity contribution in [1.29, 1.82) is 0 Å². The number of aromatic nitrogens is 4. The van der Waals surface area contributed by atoms with Crippen LogP contribution in [0.25, 0.3) is 10.9 Å². The van der Waals surface area contributed by atoms with Crippen molar-refractivity contribution in [3.8, 4) is 17.4 Å². The third kappa shape index (κ3) is 5.05. The SMILES string of the molecule is CNC(=O)c1cc(Oc2ccc(NC(=O)n3c(O)c(Cc4c[nH]c5c(Cl)cccc45)[nH]c3=O)c(F)c2)ccn1. The number of ether oxygens (including phenoxy) is 1. The molecule has 0 radical (unpaired) electrons. The summed E-state index contributed by atoms with van der Waals surface area (Å²) in [5.41, 5.74) is 0.482. The normalized spacial score (nSPS) is 10.9. The summed E-state index contributed by atoms with van der Waals surface area (Å²) in [7, 11) is 1.46. The molecule has 0 bridgehead atoms. The Morgan fingerprint density at radius 3 is 2.74 bits per heavy atom. The smallest absolute Gasteiger partial charge is 0.337 e. The Morgan fingerprint density at radius 1 is 1.18 bits per heavy atom. The fourth-order valence-corrected chi connectivity index (χ4v) is 4.22. The Bertz CT molecular complexity index is 1790. The largest absolute Gasteiger partial charge is 0.493 e. The molecule has 0 spiro atoms. The Morgan fingerprint density at radius 2 is 1.97 bits per heavy atom. The van der Waals surface area contributed by atoms with Crippen LogP contribution in [0.15, 0.2) is 65.7 Å². The second kappa shape index (κ2) is 10.3. The molecule has 2 amide bonds. The maximum atomic E-state index is 14.8. The number of H-pyrrole nitrogens is 2. The van der Waals surface area contributed by atoms with Crippen LogP contribution in [-0.2, 0) is 6.42 Å². The van der Waals surface area contributed by atoms with E-state index in [-0.39, 0.29) is 35.0 Å². The van der Waals surface area contributed by atoms with E-state index in [4.69, 9.17) is 16.3 Å². The van der Waals surface area contributed by atoms with Crippen molar-refractivity contribution < 1.29 is 23.8 Å². The quantitative estimate of drug-likeness (QED) is 0.211. The van der Waals surface area contributed by atoms with Gasteiger partial charge in [0, 0.05) is 43.4 Å². The summed E-state index contributed by atoms with van der Waals surface area (Å²) in [4.78, 5) is 46.5. The van der Waals surface area contributed by atoms with Crippen LogP contribution >= 0.6 is 11.6 Å². The number of pyridine rings is 1. The van der Waals surface area contributed by atoms with Gasteiger partial charge in [-0.15, -0.1) is 0 Å². The third-order valence-corrected chi connectivity index (χ3v) is 6.19. The number of halogens is 2. The number of aromatic amines is 2. The molecule has 198 valence electrons. The van der Waals surface area contributed by atoms with Gasteiger partial charge in [0.25, 0.3) is 5.91 Å². The van der Waals surface area contributed by atoms with Gasteiger partial charge in [-0.25, -0.2) is 14.0 Å². The molecule has 0 aliphatic carbocycles. The van der Waals surface area contributed by atoms with Gasteiger partial charge in [-0.1, -0.05) is 23.7 Å². The van der Waals surface area contributed by atoms with Gasteiger partial charge in [0.05, 0.1) is 21.9 Å². The summed E-state index contributed by atoms with van der Waals surface area (Å²) in [5, 5.41) is 16.6. The number of rotatable bonds is 6. The molecule has 3 aromatic heterocycles. The van der Waals surface area contributed by atoms with Crippen molar-refractivity contribution in [3.05, 3.63) is 99.2 Å². The summed E-state index contributed by atoms with van der Waals surface area (Å²) in [5.74, 6) is -1.56. The summed E-state index contributed by atoms with van der Waals surface area (Å²) >= 11 is 6.19. The molecule has 5 rings (SSSR count). The topological polar surface area (TPSA) is 154 Å². The number of hydrogen-bond donors (Lipinski definition) is 5. The van der Waals surface area contributed by atoms with E-state index in [9.17, 15) is 23.9 Å². The molecule has 0 aliphatic heterocycles. The molecule has 0 aliphatic rings. The summed E-state index contributed by atoms with van der Waals surface area (Å²) in [6.45, 7) is 0. The van der Waals surface area contributed by atoms with Crippen molar-refractivity contribution in [2.24, 2.45) is 0 Å². The molecule has 5 aromatic rings. The number of anilines is 1. The average molecular weight is 551 g/mol. The first-order chi connectivity index (χ1) is 18.7. The van der Waals surface area contributed by atoms with Crippen LogP contribution in [0, 0.1) is 5.82 Å². The summed E-state index contributed by atoms with van der Waals surface area (Å²) in [6, 6.07) is 10.8. The Kier molecular flexibility index (Phi) is 6.77. The zero-order valence-corrected chi connectivity index (χ0v) is 21.0. The van der Waals surface area contributed by atoms with Crippen LogP contribution in [0.5, 0.6) is 17.4 Å². The minimum absolute atomic E-state index is 0.0855. The van der Waals surface area contributed by atoms with Crippen LogP contribution in [0.2, 0.25) is 5.02 Å². The van der Waals surface area contributed by atoms with Gasteiger partial charge in [0.1, 0.15) is 23.0 Å². The standard InChI is InChI=1S/C26H20ClFN6O5/c1-29-23(35)20-11-15(7-8-30-20)39-14-5-6-19(18(28)10-14)32-25(37)34-24(36)21(33-26(34)38)9-13-12-31-22-16(13)3-2-4-17(22)27/h2-8,10-12,31,36H,9H2,1H3,(H,29,35)(H,32,37)(H,33,38). The Balaban J connectivity index is 1.32. The van der Waals surface area contributed by atoms with E-state index < -0.39 is 29.3 Å². The molecule has 3 heterocycles. The van der Waals surface area contributed by atoms with Crippen molar-refractivity contribution in [2.75, 3.05) is 12.4 Å². The molecular weight excluding hydrogens is 531 g/mol. The van der Waals surface area contributed by atoms with E-state index >= 15 is 0 Å². The molecule has 13 heteroatoms. The van der Waals surface area contributed by atoms with Gasteiger partial charge in [-0.05, 0) is 29.8 Å². The van der Waals surface area contributed by atoms with E-state index in [0.29, 0.717) is 15.1 Å². The number of nitrogens with one attached hydrogen (secondary N) is 4. The van der Waals surface area contributed by atoms with Gasteiger partial charge in [-0.2, -0.15) is 4.57 Å². The van der Waals surface area contributed by atoms with E-state index in [0.717, 1.165) is 17.0 Å². The maximum Gasteiger partial charge on any atom is 0.337 e. The number of benzene rings is 2. The highest BCUT2D eigenvalue weighted by Crippen LogP contribution is 2.29. The van der Waals surface area contributed by atoms with Gasteiger partial charge in [0.2, 0.25) is 5.88 Å². The zero-order valence-electron chi connectivity index (χ0n) is 20.2. The van der Waals surface area contributed by atoms with Crippen LogP contribution < -0.4 is 21.1 Å². The molecular formula is C26H20ClFN6O5. The molecule has 0 saturated heterocycles. The number of carbonyl (C=O) groups is 2. The van der Waals surface area contributed by atoms with Gasteiger partial charge in [-0.3, -0.25) is 9.78 Å². The third-order valence-electron chi connectivity index (χ3n) is 5.87. The number of nitrogens with zero attached hydrogens (tertiary/aromatic N) is 2. The molecule has 5 N–H and O–H groups in total. The molecule has 0 saturated carbocycles. The van der Waals surface area contributed by atoms with Crippen molar-refractivity contribution in [2.45, 2.75) is 6.42 Å². The van der Waals surface area contributed by atoms with E-state index in [1.54, 1.807) is 18.3 Å². The first kappa shape index (κ1) is 25.5. The number of amides is 2. The molecule has 39 heavy (non-hydrogen) atoms. The molecule has 11 nitrogen and oxygen atoms in total. The maximum absolute atomic E-state index is 14.8. The molecule has 0 atom stereocenters. The van der Waals surface area contributed by atoms with Crippen LogP contribution in [0.1, 0.15) is 21.7 Å². The minimum Gasteiger partial charge on any atom is -0.493 e. The number of aromatic hydroxyl groups is 1. The predicted molar refractivity (Wildman–Crippen MR) is 141 cm³/mol. The lowest BCUT2D eigenvalue weighted by Gasteiger charge is -2.10. The van der Waals surface area contributed by atoms with Crippen LogP contribution in [-0.4, -0.2) is 43.6 Å². The first-order valence-corrected chi connectivity index (χ1v) is 11.9. The van der Waals surface area contributed by atoms with Crippen LogP contribution in [0.3, 0.4) is 0 Å². The Hall–Kier alpha value is -5.10. The monoisotopic (exact) mass is 550 g/mol. The highest BCUT2D eigenvalue weighted by atomic mass is 35.5. The number of carbonyl (C=O) groups excluding carboxylic acids is 2. The number of imidazole rings is 1. The lowest BCUT2D eigenvalue weighted by molar-refractivity contribution is 0.0957. The minimum atomic E-state index is -1.07. The molecule has 0 unspecified atom stereocenters. The second-order valence-corrected chi connectivity index (χ2v) is 8.76. The molecule has 0 fully saturated rings. The fraction of sp³-hybridized carbons (Fsp3) is 0.0769.